The summed E-state index contributed by atoms with van der Waals surface area (Å²) in [7, 11) is 1.47. The van der Waals surface area contributed by atoms with Crippen LogP contribution in [0.5, 0.6) is 0 Å². The van der Waals surface area contributed by atoms with Gasteiger partial charge in [-0.2, -0.15) is 5.10 Å². The molecule has 0 aliphatic heterocycles. The molecule has 0 saturated carbocycles. The molecule has 0 spiro atoms. The van der Waals surface area contributed by atoms with Gasteiger partial charge in [0.25, 0.3) is 5.91 Å². The fourth-order valence-corrected chi connectivity index (χ4v) is 1.86. The number of carbonyl (C=O) groups is 1. The van der Waals surface area contributed by atoms with Crippen molar-refractivity contribution in [2.45, 2.75) is 26.2 Å². The minimum absolute atomic E-state index is 0.111. The number of aromatic amines is 1. The third-order valence-corrected chi connectivity index (χ3v) is 3.14. The molecule has 21 heavy (non-hydrogen) atoms. The summed E-state index contributed by atoms with van der Waals surface area (Å²) in [6, 6.07) is 4.44. The van der Waals surface area contributed by atoms with E-state index < -0.39 is 10.8 Å². The van der Waals surface area contributed by atoms with Crippen molar-refractivity contribution >= 4 is 17.5 Å². The molecule has 0 aliphatic rings. The van der Waals surface area contributed by atoms with Gasteiger partial charge in [0.1, 0.15) is 0 Å². The molecule has 8 heteroatoms. The normalized spacial score (nSPS) is 11.4. The number of carbonyl (C=O) groups excluding carboxylic acids is 1. The lowest BCUT2D eigenvalue weighted by molar-refractivity contribution is -0.391. The van der Waals surface area contributed by atoms with E-state index in [1.807, 2.05) is 20.8 Å². The van der Waals surface area contributed by atoms with Gasteiger partial charge in [-0.15, -0.1) is 0 Å². The summed E-state index contributed by atoms with van der Waals surface area (Å²) in [5.41, 5.74) is 0.970. The Balaban J connectivity index is 2.19. The molecule has 0 atom stereocenters. The molecule has 0 unspecified atom stereocenters. The van der Waals surface area contributed by atoms with Crippen LogP contribution in [0.1, 0.15) is 37.0 Å². The van der Waals surface area contributed by atoms with Crippen molar-refractivity contribution in [1.82, 2.24) is 14.8 Å². The van der Waals surface area contributed by atoms with Gasteiger partial charge in [-0.25, -0.2) is 4.57 Å². The fourth-order valence-electron chi connectivity index (χ4n) is 1.86. The molecule has 112 valence electrons. The summed E-state index contributed by atoms with van der Waals surface area (Å²) < 4.78 is 1.23. The van der Waals surface area contributed by atoms with Crippen LogP contribution in [0.4, 0.5) is 11.6 Å². The predicted molar refractivity (Wildman–Crippen MR) is 77.3 cm³/mol. The summed E-state index contributed by atoms with van der Waals surface area (Å²) in [6.07, 6.45) is 0. The van der Waals surface area contributed by atoms with Crippen LogP contribution in [0.3, 0.4) is 0 Å². The van der Waals surface area contributed by atoms with Gasteiger partial charge in [0.15, 0.2) is 11.5 Å². The molecule has 2 N–H and O–H groups in total. The Morgan fingerprint density at radius 1 is 1.43 bits per heavy atom. The molecule has 0 bridgehead atoms. The first-order valence-electron chi connectivity index (χ1n) is 6.37. The number of aromatic nitrogens is 3. The molecule has 2 aromatic heterocycles. The zero-order chi connectivity index (χ0) is 15.8. The highest BCUT2D eigenvalue weighted by atomic mass is 16.6. The standard InChI is InChI=1S/C13H17N5O3/c1-13(2,3)9-7-10(16-15-9)14-12(19)8-5-6-11(17(8)4)18(20)21/h5-7H,1-4H3,(H2,14,15,16,19). The molecule has 0 aliphatic carbocycles. The average molecular weight is 291 g/mol. The monoisotopic (exact) mass is 291 g/mol. The van der Waals surface area contributed by atoms with Gasteiger partial charge < -0.3 is 15.4 Å². The number of amides is 1. The van der Waals surface area contributed by atoms with Crippen molar-refractivity contribution in [2.75, 3.05) is 5.32 Å². The second-order valence-electron chi connectivity index (χ2n) is 5.76. The molecule has 1 amide bonds. The number of nitrogens with one attached hydrogen (secondary N) is 2. The molecule has 0 radical (unpaired) electrons. The van der Waals surface area contributed by atoms with Crippen LogP contribution in [0, 0.1) is 10.1 Å². The van der Waals surface area contributed by atoms with Crippen LogP contribution in [0.2, 0.25) is 0 Å². The topological polar surface area (TPSA) is 106 Å². The number of anilines is 1. The highest BCUT2D eigenvalue weighted by molar-refractivity contribution is 6.03. The van der Waals surface area contributed by atoms with E-state index in [2.05, 4.69) is 15.5 Å². The maximum absolute atomic E-state index is 12.1. The number of H-pyrrole nitrogens is 1. The predicted octanol–water partition coefficient (Wildman–Crippen LogP) is 2.21. The Hall–Kier alpha value is -2.64. The van der Waals surface area contributed by atoms with E-state index in [9.17, 15) is 14.9 Å². The molecule has 2 rings (SSSR count). The average Bonchev–Trinajstić information content (AvgIpc) is 2.94. The second-order valence-corrected chi connectivity index (χ2v) is 5.76. The molecule has 0 saturated heterocycles. The van der Waals surface area contributed by atoms with E-state index in [1.165, 1.54) is 23.7 Å². The van der Waals surface area contributed by atoms with Gasteiger partial charge in [-0.3, -0.25) is 9.89 Å². The zero-order valence-electron chi connectivity index (χ0n) is 12.3. The molecule has 0 aromatic carbocycles. The van der Waals surface area contributed by atoms with Crippen LogP contribution in [0.25, 0.3) is 0 Å². The summed E-state index contributed by atoms with van der Waals surface area (Å²) in [6.45, 7) is 6.06. The first-order chi connectivity index (χ1) is 9.70. The SMILES string of the molecule is Cn1c(C(=O)Nc2cc(C(C)(C)C)[nH]n2)ccc1[N+](=O)[O-]. The van der Waals surface area contributed by atoms with Crippen molar-refractivity contribution in [1.29, 1.82) is 0 Å². The lowest BCUT2D eigenvalue weighted by atomic mass is 9.92. The smallest absolute Gasteiger partial charge is 0.323 e. The highest BCUT2D eigenvalue weighted by Crippen LogP contribution is 2.22. The summed E-state index contributed by atoms with van der Waals surface area (Å²) in [4.78, 5) is 22.3. The minimum atomic E-state index is -0.539. The molecule has 0 fully saturated rings. The lowest BCUT2D eigenvalue weighted by Gasteiger charge is -2.14. The van der Waals surface area contributed by atoms with Gasteiger partial charge in [0.05, 0.1) is 7.05 Å². The number of nitrogens with zero attached hydrogens (tertiary/aromatic N) is 3. The maximum Gasteiger partial charge on any atom is 0.323 e. The Bertz CT molecular complexity index is 693. The number of nitro groups is 1. The van der Waals surface area contributed by atoms with Crippen LogP contribution in [0.15, 0.2) is 18.2 Å². The van der Waals surface area contributed by atoms with Gasteiger partial charge in [-0.05, 0) is 11.0 Å². The van der Waals surface area contributed by atoms with Crippen molar-refractivity contribution in [3.05, 3.63) is 39.7 Å². The van der Waals surface area contributed by atoms with E-state index in [1.54, 1.807) is 6.07 Å². The van der Waals surface area contributed by atoms with E-state index in [4.69, 9.17) is 0 Å². The molecule has 2 heterocycles. The van der Waals surface area contributed by atoms with Crippen molar-refractivity contribution in [3.8, 4) is 0 Å². The summed E-state index contributed by atoms with van der Waals surface area (Å²) >= 11 is 0. The summed E-state index contributed by atoms with van der Waals surface area (Å²) in [5.74, 6) is -0.205. The Morgan fingerprint density at radius 3 is 2.57 bits per heavy atom. The molecule has 2 aromatic rings. The number of rotatable bonds is 3. The third-order valence-electron chi connectivity index (χ3n) is 3.14. The van der Waals surface area contributed by atoms with Crippen molar-refractivity contribution in [2.24, 2.45) is 7.05 Å². The fraction of sp³-hybridized carbons (Fsp3) is 0.385. The maximum atomic E-state index is 12.1. The van der Waals surface area contributed by atoms with Gasteiger partial charge in [-0.1, -0.05) is 20.8 Å². The van der Waals surface area contributed by atoms with E-state index in [-0.39, 0.29) is 16.9 Å². The van der Waals surface area contributed by atoms with Gasteiger partial charge in [0.2, 0.25) is 0 Å². The Kier molecular flexibility index (Phi) is 3.54. The van der Waals surface area contributed by atoms with Crippen molar-refractivity contribution in [3.63, 3.8) is 0 Å². The number of hydrogen-bond donors (Lipinski definition) is 2. The largest absolute Gasteiger partial charge is 0.358 e. The summed E-state index contributed by atoms with van der Waals surface area (Å²) in [5, 5.41) is 20.3. The van der Waals surface area contributed by atoms with Crippen LogP contribution < -0.4 is 5.32 Å². The zero-order valence-corrected chi connectivity index (χ0v) is 12.3. The molecular weight excluding hydrogens is 274 g/mol. The lowest BCUT2D eigenvalue weighted by Crippen LogP contribution is -2.16. The Labute approximate surface area is 121 Å². The van der Waals surface area contributed by atoms with Crippen molar-refractivity contribution < 1.29 is 9.72 Å². The highest BCUT2D eigenvalue weighted by Gasteiger charge is 2.22. The van der Waals surface area contributed by atoms with E-state index in [0.29, 0.717) is 5.82 Å². The van der Waals surface area contributed by atoms with Crippen LogP contribution in [-0.4, -0.2) is 25.6 Å². The Morgan fingerprint density at radius 2 is 2.10 bits per heavy atom. The first kappa shape index (κ1) is 14.8. The first-order valence-corrected chi connectivity index (χ1v) is 6.37. The van der Waals surface area contributed by atoms with Crippen LogP contribution >= 0.6 is 0 Å². The van der Waals surface area contributed by atoms with Crippen LogP contribution in [-0.2, 0) is 12.5 Å². The van der Waals surface area contributed by atoms with E-state index >= 15 is 0 Å². The third kappa shape index (κ3) is 2.93. The second kappa shape index (κ2) is 5.04. The molecular formula is C13H17N5O3. The van der Waals surface area contributed by atoms with Gasteiger partial charge in [0, 0.05) is 23.2 Å². The molecule has 8 nitrogen and oxygen atoms in total. The number of hydrogen-bond acceptors (Lipinski definition) is 4. The van der Waals surface area contributed by atoms with Gasteiger partial charge >= 0.3 is 5.82 Å². The minimum Gasteiger partial charge on any atom is -0.358 e. The van der Waals surface area contributed by atoms with E-state index in [0.717, 1.165) is 5.69 Å². The quantitative estimate of drug-likeness (QED) is 0.667.